The second kappa shape index (κ2) is 7.77. The molecular formula is C19H14ClFN2O3S. The smallest absolute Gasteiger partial charge is 0.261 e. The molecule has 0 heterocycles. The quantitative estimate of drug-likeness (QED) is 0.655. The third-order valence-electron chi connectivity index (χ3n) is 3.63. The monoisotopic (exact) mass is 404 g/mol. The Morgan fingerprint density at radius 3 is 2.37 bits per heavy atom. The number of halogens is 2. The number of rotatable bonds is 5. The zero-order chi connectivity index (χ0) is 19.4. The van der Waals surface area contributed by atoms with Crippen molar-refractivity contribution in [2.75, 3.05) is 10.0 Å². The zero-order valence-electron chi connectivity index (χ0n) is 13.8. The number of hydrogen-bond acceptors (Lipinski definition) is 3. The van der Waals surface area contributed by atoms with Crippen molar-refractivity contribution in [1.29, 1.82) is 0 Å². The predicted molar refractivity (Wildman–Crippen MR) is 103 cm³/mol. The molecule has 0 aliphatic heterocycles. The third kappa shape index (κ3) is 4.45. The minimum atomic E-state index is -3.79. The molecule has 0 saturated heterocycles. The Bertz CT molecular complexity index is 1090. The van der Waals surface area contributed by atoms with Crippen LogP contribution >= 0.6 is 11.6 Å². The van der Waals surface area contributed by atoms with Crippen molar-refractivity contribution in [3.05, 3.63) is 89.2 Å². The lowest BCUT2D eigenvalue weighted by molar-refractivity contribution is 0.102. The molecule has 3 rings (SSSR count). The Morgan fingerprint density at radius 2 is 1.63 bits per heavy atom. The van der Waals surface area contributed by atoms with Gasteiger partial charge in [-0.05, 0) is 42.5 Å². The van der Waals surface area contributed by atoms with E-state index in [9.17, 15) is 17.6 Å². The molecule has 138 valence electrons. The van der Waals surface area contributed by atoms with E-state index < -0.39 is 21.7 Å². The summed E-state index contributed by atoms with van der Waals surface area (Å²) in [7, 11) is -3.79. The summed E-state index contributed by atoms with van der Waals surface area (Å²) in [5.41, 5.74) is 0.295. The molecule has 3 aromatic rings. The van der Waals surface area contributed by atoms with Crippen LogP contribution in [0, 0.1) is 5.82 Å². The summed E-state index contributed by atoms with van der Waals surface area (Å²) in [4.78, 5) is 12.5. The van der Waals surface area contributed by atoms with E-state index in [4.69, 9.17) is 11.6 Å². The lowest BCUT2D eigenvalue weighted by atomic mass is 10.2. The van der Waals surface area contributed by atoms with E-state index in [1.54, 1.807) is 18.2 Å². The maximum Gasteiger partial charge on any atom is 0.261 e. The zero-order valence-corrected chi connectivity index (χ0v) is 15.4. The van der Waals surface area contributed by atoms with Gasteiger partial charge in [-0.3, -0.25) is 9.52 Å². The van der Waals surface area contributed by atoms with Gasteiger partial charge >= 0.3 is 0 Å². The minimum Gasteiger partial charge on any atom is -0.319 e. The summed E-state index contributed by atoms with van der Waals surface area (Å²) in [5.74, 6) is -1.34. The summed E-state index contributed by atoms with van der Waals surface area (Å²) < 4.78 is 41.1. The van der Waals surface area contributed by atoms with E-state index >= 15 is 0 Å². The first-order chi connectivity index (χ1) is 12.9. The molecule has 0 unspecified atom stereocenters. The predicted octanol–water partition coefficient (Wildman–Crippen LogP) is 4.53. The van der Waals surface area contributed by atoms with Crippen LogP contribution in [0.4, 0.5) is 15.8 Å². The fourth-order valence-corrected chi connectivity index (χ4v) is 3.58. The first-order valence-corrected chi connectivity index (χ1v) is 9.66. The Kier molecular flexibility index (Phi) is 5.43. The van der Waals surface area contributed by atoms with Crippen molar-refractivity contribution < 1.29 is 17.6 Å². The highest BCUT2D eigenvalue weighted by atomic mass is 35.5. The van der Waals surface area contributed by atoms with E-state index in [1.165, 1.54) is 54.6 Å². The maximum absolute atomic E-state index is 13.9. The molecule has 27 heavy (non-hydrogen) atoms. The van der Waals surface area contributed by atoms with Crippen LogP contribution in [0.1, 0.15) is 10.4 Å². The van der Waals surface area contributed by atoms with Gasteiger partial charge in [0.05, 0.1) is 15.6 Å². The van der Waals surface area contributed by atoms with Crippen molar-refractivity contribution in [3.63, 3.8) is 0 Å². The summed E-state index contributed by atoms with van der Waals surface area (Å²) in [6.45, 7) is 0. The van der Waals surface area contributed by atoms with E-state index in [2.05, 4.69) is 10.0 Å². The second-order valence-corrected chi connectivity index (χ2v) is 7.64. The first kappa shape index (κ1) is 18.9. The van der Waals surface area contributed by atoms with Crippen molar-refractivity contribution in [3.8, 4) is 0 Å². The number of sulfonamides is 1. The highest BCUT2D eigenvalue weighted by Gasteiger charge is 2.15. The van der Waals surface area contributed by atoms with E-state index in [0.717, 1.165) is 0 Å². The van der Waals surface area contributed by atoms with Crippen LogP contribution in [0.15, 0.2) is 77.7 Å². The largest absolute Gasteiger partial charge is 0.319 e. The number of hydrogen-bond donors (Lipinski definition) is 2. The van der Waals surface area contributed by atoms with Crippen molar-refractivity contribution >= 4 is 38.9 Å². The molecule has 0 saturated carbocycles. The standard InChI is InChI=1S/C19H14ClFN2O3S/c20-16-10-5-11-17(18(16)21)22-19(24)13-6-4-7-14(12-13)23-27(25,26)15-8-2-1-3-9-15/h1-12,23H,(H,22,24). The van der Waals surface area contributed by atoms with Crippen LogP contribution in [0.3, 0.4) is 0 Å². The molecule has 5 nitrogen and oxygen atoms in total. The molecule has 0 bridgehead atoms. The van der Waals surface area contributed by atoms with Crippen LogP contribution in [0.5, 0.6) is 0 Å². The first-order valence-electron chi connectivity index (χ1n) is 7.80. The highest BCUT2D eigenvalue weighted by Crippen LogP contribution is 2.23. The highest BCUT2D eigenvalue weighted by molar-refractivity contribution is 7.92. The van der Waals surface area contributed by atoms with Crippen molar-refractivity contribution in [2.45, 2.75) is 4.90 Å². The van der Waals surface area contributed by atoms with Gasteiger partial charge in [0.1, 0.15) is 0 Å². The lowest BCUT2D eigenvalue weighted by Gasteiger charge is -2.10. The van der Waals surface area contributed by atoms with Crippen LogP contribution in [-0.4, -0.2) is 14.3 Å². The van der Waals surface area contributed by atoms with Gasteiger partial charge in [-0.1, -0.05) is 41.9 Å². The van der Waals surface area contributed by atoms with Crippen LogP contribution in [0.2, 0.25) is 5.02 Å². The van der Waals surface area contributed by atoms with E-state index in [1.807, 2.05) is 0 Å². The van der Waals surface area contributed by atoms with E-state index in [0.29, 0.717) is 0 Å². The molecule has 0 aromatic heterocycles. The fraction of sp³-hybridized carbons (Fsp3) is 0. The number of carbonyl (C=O) groups excluding carboxylic acids is 1. The maximum atomic E-state index is 13.9. The Hall–Kier alpha value is -2.90. The average Bonchev–Trinajstić information content (AvgIpc) is 2.66. The fourth-order valence-electron chi connectivity index (χ4n) is 2.33. The molecule has 8 heteroatoms. The van der Waals surface area contributed by atoms with Gasteiger partial charge in [-0.15, -0.1) is 0 Å². The molecule has 0 aliphatic rings. The number of amides is 1. The van der Waals surface area contributed by atoms with Crippen LogP contribution in [-0.2, 0) is 10.0 Å². The van der Waals surface area contributed by atoms with Gasteiger partial charge in [0.15, 0.2) is 5.82 Å². The molecule has 2 N–H and O–H groups in total. The molecule has 0 fully saturated rings. The number of nitrogens with one attached hydrogen (secondary N) is 2. The molecule has 0 spiro atoms. The van der Waals surface area contributed by atoms with Gasteiger partial charge < -0.3 is 5.32 Å². The van der Waals surface area contributed by atoms with Crippen LogP contribution < -0.4 is 10.0 Å². The SMILES string of the molecule is O=C(Nc1cccc(Cl)c1F)c1cccc(NS(=O)(=O)c2ccccc2)c1. The molecule has 0 radical (unpaired) electrons. The summed E-state index contributed by atoms with van der Waals surface area (Å²) in [5, 5.41) is 2.30. The van der Waals surface area contributed by atoms with Gasteiger partial charge in [-0.2, -0.15) is 0 Å². The Labute approximate surface area is 160 Å². The summed E-state index contributed by atoms with van der Waals surface area (Å²) >= 11 is 5.70. The molecule has 0 atom stereocenters. The topological polar surface area (TPSA) is 75.3 Å². The summed E-state index contributed by atoms with van der Waals surface area (Å²) in [6, 6.07) is 18.0. The number of anilines is 2. The average molecular weight is 405 g/mol. The lowest BCUT2D eigenvalue weighted by Crippen LogP contribution is -2.15. The number of benzene rings is 3. The van der Waals surface area contributed by atoms with Crippen LogP contribution in [0.25, 0.3) is 0 Å². The second-order valence-electron chi connectivity index (χ2n) is 5.55. The van der Waals surface area contributed by atoms with Gasteiger partial charge in [0, 0.05) is 11.3 Å². The molecule has 0 aliphatic carbocycles. The van der Waals surface area contributed by atoms with Gasteiger partial charge in [0.2, 0.25) is 0 Å². The van der Waals surface area contributed by atoms with Gasteiger partial charge in [-0.25, -0.2) is 12.8 Å². The summed E-state index contributed by atoms with van der Waals surface area (Å²) in [6.07, 6.45) is 0. The molecular weight excluding hydrogens is 391 g/mol. The van der Waals surface area contributed by atoms with Crippen molar-refractivity contribution in [2.24, 2.45) is 0 Å². The normalized spacial score (nSPS) is 11.0. The Morgan fingerprint density at radius 1 is 0.926 bits per heavy atom. The molecule has 3 aromatic carbocycles. The van der Waals surface area contributed by atoms with Crippen molar-refractivity contribution in [1.82, 2.24) is 0 Å². The third-order valence-corrected chi connectivity index (χ3v) is 5.32. The van der Waals surface area contributed by atoms with Gasteiger partial charge in [0.25, 0.3) is 15.9 Å². The number of carbonyl (C=O) groups is 1. The molecule has 1 amide bonds. The Balaban J connectivity index is 1.81. The minimum absolute atomic E-state index is 0.0669. The van der Waals surface area contributed by atoms with E-state index in [-0.39, 0.29) is 26.9 Å².